The van der Waals surface area contributed by atoms with Crippen molar-refractivity contribution in [1.29, 1.82) is 0 Å². The van der Waals surface area contributed by atoms with E-state index in [1.165, 1.54) is 0 Å². The minimum absolute atomic E-state index is 0. The zero-order chi connectivity index (χ0) is 17.4. The maximum absolute atomic E-state index is 13.2. The molecule has 1 N–H and O–H groups in total. The molecule has 3 rings (SSSR count). The number of ether oxygens (including phenoxy) is 2. The smallest absolute Gasteiger partial charge is 0.184 e. The van der Waals surface area contributed by atoms with Gasteiger partial charge in [0.2, 0.25) is 0 Å². The molecule has 132 valence electrons. The van der Waals surface area contributed by atoms with Crippen LogP contribution in [-0.2, 0) is 14.3 Å². The molecular formula is C20H29NO3. The molecule has 4 nitrogen and oxygen atoms in total. The molecule has 0 aromatic heterocycles. The van der Waals surface area contributed by atoms with Crippen molar-refractivity contribution in [3.63, 3.8) is 0 Å². The van der Waals surface area contributed by atoms with Gasteiger partial charge in [-0.15, -0.1) is 0 Å². The van der Waals surface area contributed by atoms with Crippen molar-refractivity contribution >= 4 is 5.78 Å². The van der Waals surface area contributed by atoms with Crippen molar-refractivity contribution in [1.82, 2.24) is 5.32 Å². The van der Waals surface area contributed by atoms with Crippen LogP contribution in [-0.4, -0.2) is 24.8 Å². The van der Waals surface area contributed by atoms with Crippen LogP contribution < -0.4 is 5.32 Å². The standard InChI is InChI=1S/C20H27NO3.H2/c1-5-7-15(6-2)21-17-9-8-16-14(3)20(23-12-13-24-20)11-10-19(16,4)18(17)22;/h5-7,9,14,16,21H,1-2,8,10-13H2,3-4H3;1H/b15-7+;/t14-,16-,19-;/m0./s1. The van der Waals surface area contributed by atoms with E-state index in [1.807, 2.05) is 12.2 Å². The Bertz CT molecular complexity index is 618. The lowest BCUT2D eigenvalue weighted by Crippen LogP contribution is -2.56. The molecule has 1 saturated heterocycles. The normalized spacial score (nSPS) is 35.3. The summed E-state index contributed by atoms with van der Waals surface area (Å²) in [6.07, 6.45) is 9.62. The molecule has 0 radical (unpaired) electrons. The number of carbonyl (C=O) groups excluding carboxylic acids is 1. The Balaban J connectivity index is 0.00000225. The molecule has 1 heterocycles. The lowest BCUT2D eigenvalue weighted by Gasteiger charge is -2.52. The maximum atomic E-state index is 13.2. The van der Waals surface area contributed by atoms with Gasteiger partial charge in [0.25, 0.3) is 0 Å². The summed E-state index contributed by atoms with van der Waals surface area (Å²) in [5.74, 6) is 0.120. The Hall–Kier alpha value is -1.65. The number of allylic oxidation sites excluding steroid dienone is 5. The van der Waals surface area contributed by atoms with Gasteiger partial charge < -0.3 is 14.8 Å². The summed E-state index contributed by atoms with van der Waals surface area (Å²) < 4.78 is 11.9. The number of fused-ring (bicyclic) bond motifs is 1. The van der Waals surface area contributed by atoms with Gasteiger partial charge in [-0.05, 0) is 30.9 Å². The topological polar surface area (TPSA) is 47.6 Å². The number of hydrogen-bond donors (Lipinski definition) is 1. The second kappa shape index (κ2) is 6.34. The molecule has 3 aliphatic rings. The zero-order valence-corrected chi connectivity index (χ0v) is 14.6. The van der Waals surface area contributed by atoms with E-state index in [2.05, 4.69) is 32.3 Å². The summed E-state index contributed by atoms with van der Waals surface area (Å²) in [5.41, 5.74) is 1.07. The Morgan fingerprint density at radius 3 is 2.71 bits per heavy atom. The molecule has 1 saturated carbocycles. The van der Waals surface area contributed by atoms with Gasteiger partial charge in [0.15, 0.2) is 11.6 Å². The van der Waals surface area contributed by atoms with Gasteiger partial charge in [0, 0.05) is 24.9 Å². The van der Waals surface area contributed by atoms with Crippen molar-refractivity contribution < 1.29 is 15.7 Å². The van der Waals surface area contributed by atoms with Crippen molar-refractivity contribution in [2.45, 2.75) is 38.9 Å². The number of carbonyl (C=O) groups is 1. The van der Waals surface area contributed by atoms with Crippen LogP contribution in [0, 0.1) is 17.3 Å². The van der Waals surface area contributed by atoms with E-state index in [4.69, 9.17) is 9.47 Å². The van der Waals surface area contributed by atoms with Crippen LogP contribution in [0.2, 0.25) is 0 Å². The van der Waals surface area contributed by atoms with Crippen LogP contribution in [0.25, 0.3) is 0 Å². The fourth-order valence-electron chi connectivity index (χ4n) is 4.53. The second-order valence-electron chi connectivity index (χ2n) is 7.19. The Kier molecular flexibility index (Phi) is 4.54. The summed E-state index contributed by atoms with van der Waals surface area (Å²) in [7, 11) is 0. The maximum Gasteiger partial charge on any atom is 0.184 e. The monoisotopic (exact) mass is 331 g/mol. The second-order valence-corrected chi connectivity index (χ2v) is 7.19. The van der Waals surface area contributed by atoms with Gasteiger partial charge in [-0.2, -0.15) is 0 Å². The summed E-state index contributed by atoms with van der Waals surface area (Å²) in [5, 5.41) is 3.21. The van der Waals surface area contributed by atoms with Gasteiger partial charge >= 0.3 is 0 Å². The first kappa shape index (κ1) is 17.2. The highest BCUT2D eigenvalue weighted by molar-refractivity contribution is 6.00. The first-order chi connectivity index (χ1) is 11.5. The Morgan fingerprint density at radius 2 is 2.08 bits per heavy atom. The molecule has 2 fully saturated rings. The van der Waals surface area contributed by atoms with Crippen LogP contribution >= 0.6 is 0 Å². The van der Waals surface area contributed by atoms with Crippen LogP contribution in [0.15, 0.2) is 48.9 Å². The summed E-state index contributed by atoms with van der Waals surface area (Å²) in [6.45, 7) is 13.0. The number of ketones is 1. The molecule has 1 spiro atoms. The number of rotatable bonds is 4. The number of nitrogens with one attached hydrogen (secondary N) is 1. The van der Waals surface area contributed by atoms with Crippen molar-refractivity contribution in [2.75, 3.05) is 13.2 Å². The van der Waals surface area contributed by atoms with Crippen molar-refractivity contribution in [3.8, 4) is 0 Å². The molecule has 4 heteroatoms. The predicted octanol–water partition coefficient (Wildman–Crippen LogP) is 3.73. The van der Waals surface area contributed by atoms with Crippen molar-refractivity contribution in [2.24, 2.45) is 17.3 Å². The van der Waals surface area contributed by atoms with Gasteiger partial charge in [0.05, 0.1) is 18.9 Å². The molecule has 0 aromatic rings. The highest BCUT2D eigenvalue weighted by Gasteiger charge is 2.58. The van der Waals surface area contributed by atoms with Crippen LogP contribution in [0.1, 0.15) is 34.5 Å². The molecule has 1 aliphatic heterocycles. The quantitative estimate of drug-likeness (QED) is 0.798. The van der Waals surface area contributed by atoms with Crippen LogP contribution in [0.5, 0.6) is 0 Å². The molecule has 0 bridgehead atoms. The average Bonchev–Trinajstić information content (AvgIpc) is 3.05. The van der Waals surface area contributed by atoms with E-state index in [0.29, 0.717) is 18.9 Å². The van der Waals surface area contributed by atoms with Gasteiger partial charge in [-0.25, -0.2) is 0 Å². The average molecular weight is 331 g/mol. The van der Waals surface area contributed by atoms with Gasteiger partial charge in [-0.3, -0.25) is 4.79 Å². The summed E-state index contributed by atoms with van der Waals surface area (Å²) >= 11 is 0. The highest BCUT2D eigenvalue weighted by atomic mass is 16.7. The molecular weight excluding hydrogens is 302 g/mol. The molecule has 0 aromatic carbocycles. The number of hydrogen-bond acceptors (Lipinski definition) is 4. The first-order valence-electron chi connectivity index (χ1n) is 8.72. The fourth-order valence-corrected chi connectivity index (χ4v) is 4.53. The van der Waals surface area contributed by atoms with Crippen molar-refractivity contribution in [3.05, 3.63) is 48.9 Å². The minimum atomic E-state index is -0.488. The SMILES string of the molecule is C=C/C=C(\C=C)NC1=CC[C@H]2[C@H](C)C3(CC[C@]2(C)C1=O)OCCO3.[HH]. The largest absolute Gasteiger partial charge is 0.353 e. The zero-order valence-electron chi connectivity index (χ0n) is 14.6. The van der Waals surface area contributed by atoms with E-state index in [1.54, 1.807) is 12.2 Å². The lowest BCUT2D eigenvalue weighted by atomic mass is 9.55. The number of Topliss-reactive ketones (excluding diaryl/α,β-unsaturated/α-hetero) is 1. The van der Waals surface area contributed by atoms with E-state index in [0.717, 1.165) is 25.0 Å². The molecule has 0 amide bonds. The van der Waals surface area contributed by atoms with Gasteiger partial charge in [0.1, 0.15) is 0 Å². The lowest BCUT2D eigenvalue weighted by molar-refractivity contribution is -0.239. The van der Waals surface area contributed by atoms with Crippen LogP contribution in [0.4, 0.5) is 0 Å². The van der Waals surface area contributed by atoms with Crippen LogP contribution in [0.3, 0.4) is 0 Å². The highest BCUT2D eigenvalue weighted by Crippen LogP contribution is 2.55. The summed E-state index contributed by atoms with van der Waals surface area (Å²) in [4.78, 5) is 13.2. The van der Waals surface area contributed by atoms with E-state index >= 15 is 0 Å². The third kappa shape index (κ3) is 2.58. The van der Waals surface area contributed by atoms with E-state index in [-0.39, 0.29) is 24.5 Å². The first-order valence-corrected chi connectivity index (χ1v) is 8.72. The predicted molar refractivity (Wildman–Crippen MR) is 96.1 cm³/mol. The molecule has 2 aliphatic carbocycles. The molecule has 3 atom stereocenters. The molecule has 0 unspecified atom stereocenters. The summed E-state index contributed by atoms with van der Waals surface area (Å²) in [6, 6.07) is 0. The Labute approximate surface area is 145 Å². The molecule has 24 heavy (non-hydrogen) atoms. The van der Waals surface area contributed by atoms with E-state index < -0.39 is 5.79 Å². The van der Waals surface area contributed by atoms with E-state index in [9.17, 15) is 4.79 Å². The van der Waals surface area contributed by atoms with Gasteiger partial charge in [-0.1, -0.05) is 39.2 Å². The third-order valence-electron chi connectivity index (χ3n) is 6.02. The fraction of sp³-hybridized carbons (Fsp3) is 0.550. The third-order valence-corrected chi connectivity index (χ3v) is 6.02. The minimum Gasteiger partial charge on any atom is -0.353 e. The Morgan fingerprint density at radius 1 is 1.38 bits per heavy atom.